The van der Waals surface area contributed by atoms with Gasteiger partial charge in [0, 0.05) is 15.4 Å². The van der Waals surface area contributed by atoms with Gasteiger partial charge < -0.3 is 9.47 Å². The number of carbonyl (C=O) groups excluding carboxylic acids is 1. The van der Waals surface area contributed by atoms with Crippen LogP contribution in [-0.2, 0) is 4.79 Å². The van der Waals surface area contributed by atoms with Gasteiger partial charge in [-0.05, 0) is 36.4 Å². The van der Waals surface area contributed by atoms with Crippen LogP contribution in [0.15, 0.2) is 58.4 Å². The minimum atomic E-state index is -0.255. The first-order chi connectivity index (χ1) is 12.1. The van der Waals surface area contributed by atoms with Crippen LogP contribution in [0.25, 0.3) is 11.3 Å². The molecule has 1 N–H and O–H groups in total. The average molecular weight is 419 g/mol. The Bertz CT molecular complexity index is 865. The van der Waals surface area contributed by atoms with Gasteiger partial charge in [0.15, 0.2) is 11.7 Å². The topological polar surface area (TPSA) is 60.5 Å². The molecular weight excluding hydrogens is 404 g/mol. The largest absolute Gasteiger partial charge is 0.497 e. The quantitative estimate of drug-likeness (QED) is 0.635. The molecule has 5 nitrogen and oxygen atoms in total. The van der Waals surface area contributed by atoms with E-state index in [9.17, 15) is 4.79 Å². The zero-order valence-electron chi connectivity index (χ0n) is 13.4. The first-order valence-electron chi connectivity index (χ1n) is 7.42. The molecule has 3 aromatic rings. The molecule has 0 aliphatic rings. The SMILES string of the molecule is COc1cccc(-c2csc(NC(=O)COc3ccc(Br)cc3)n2)c1. The first kappa shape index (κ1) is 17.4. The Morgan fingerprint density at radius 2 is 2.00 bits per heavy atom. The normalized spacial score (nSPS) is 10.3. The Morgan fingerprint density at radius 3 is 2.76 bits per heavy atom. The molecule has 2 aromatic carbocycles. The van der Waals surface area contributed by atoms with Crippen molar-refractivity contribution in [3.8, 4) is 22.8 Å². The molecule has 0 saturated carbocycles. The average Bonchev–Trinajstić information content (AvgIpc) is 3.10. The van der Waals surface area contributed by atoms with Crippen molar-refractivity contribution in [3.05, 3.63) is 58.4 Å². The number of hydrogen-bond acceptors (Lipinski definition) is 5. The van der Waals surface area contributed by atoms with Crippen LogP contribution in [0.3, 0.4) is 0 Å². The van der Waals surface area contributed by atoms with E-state index in [0.717, 1.165) is 21.5 Å². The van der Waals surface area contributed by atoms with Gasteiger partial charge in [-0.3, -0.25) is 10.1 Å². The number of amides is 1. The number of methoxy groups -OCH3 is 1. The summed E-state index contributed by atoms with van der Waals surface area (Å²) in [5.41, 5.74) is 1.72. The number of ether oxygens (including phenoxy) is 2. The fraction of sp³-hybridized carbons (Fsp3) is 0.111. The van der Waals surface area contributed by atoms with Crippen molar-refractivity contribution < 1.29 is 14.3 Å². The minimum absolute atomic E-state index is 0.0737. The summed E-state index contributed by atoms with van der Waals surface area (Å²) in [5, 5.41) is 5.16. The molecule has 25 heavy (non-hydrogen) atoms. The molecule has 0 saturated heterocycles. The first-order valence-corrected chi connectivity index (χ1v) is 9.09. The second-order valence-electron chi connectivity index (χ2n) is 5.06. The van der Waals surface area contributed by atoms with Crippen molar-refractivity contribution in [1.29, 1.82) is 0 Å². The highest BCUT2D eigenvalue weighted by Gasteiger charge is 2.09. The summed E-state index contributed by atoms with van der Waals surface area (Å²) in [6, 6.07) is 14.9. The van der Waals surface area contributed by atoms with Crippen LogP contribution in [0.4, 0.5) is 5.13 Å². The van der Waals surface area contributed by atoms with Crippen molar-refractivity contribution in [1.82, 2.24) is 4.98 Å². The van der Waals surface area contributed by atoms with Crippen LogP contribution in [0.5, 0.6) is 11.5 Å². The van der Waals surface area contributed by atoms with Gasteiger partial charge in [-0.2, -0.15) is 0 Å². The van der Waals surface area contributed by atoms with Gasteiger partial charge >= 0.3 is 0 Å². The molecule has 3 rings (SSSR count). The highest BCUT2D eigenvalue weighted by Crippen LogP contribution is 2.27. The Morgan fingerprint density at radius 1 is 1.20 bits per heavy atom. The lowest BCUT2D eigenvalue weighted by molar-refractivity contribution is -0.118. The van der Waals surface area contributed by atoms with Crippen LogP contribution >= 0.6 is 27.3 Å². The standard InChI is InChI=1S/C18H15BrN2O3S/c1-23-15-4-2-3-12(9-15)16-11-25-18(20-16)21-17(22)10-24-14-7-5-13(19)6-8-14/h2-9,11H,10H2,1H3,(H,20,21,22). The van der Waals surface area contributed by atoms with Crippen LogP contribution in [0.2, 0.25) is 0 Å². The Kier molecular flexibility index (Phi) is 5.67. The predicted octanol–water partition coefficient (Wildman–Crippen LogP) is 4.60. The van der Waals surface area contributed by atoms with Gasteiger partial charge in [-0.25, -0.2) is 4.98 Å². The van der Waals surface area contributed by atoms with Gasteiger partial charge in [-0.15, -0.1) is 11.3 Å². The molecule has 0 unspecified atom stereocenters. The fourth-order valence-electron chi connectivity index (χ4n) is 2.08. The summed E-state index contributed by atoms with van der Waals surface area (Å²) in [4.78, 5) is 16.4. The highest BCUT2D eigenvalue weighted by molar-refractivity contribution is 9.10. The Labute approximate surface area is 157 Å². The molecular formula is C18H15BrN2O3S. The Balaban J connectivity index is 1.58. The van der Waals surface area contributed by atoms with Gasteiger partial charge in [0.05, 0.1) is 12.8 Å². The summed E-state index contributed by atoms with van der Waals surface area (Å²) >= 11 is 4.71. The molecule has 0 radical (unpaired) electrons. The third-order valence-electron chi connectivity index (χ3n) is 3.30. The molecule has 0 fully saturated rings. The lowest BCUT2D eigenvalue weighted by Crippen LogP contribution is -2.20. The summed E-state index contributed by atoms with van der Waals surface area (Å²) in [6.07, 6.45) is 0. The summed E-state index contributed by atoms with van der Waals surface area (Å²) < 4.78 is 11.6. The van der Waals surface area contributed by atoms with Crippen molar-refractivity contribution in [2.24, 2.45) is 0 Å². The fourth-order valence-corrected chi connectivity index (χ4v) is 3.08. The van der Waals surface area contributed by atoms with Crippen molar-refractivity contribution in [3.63, 3.8) is 0 Å². The number of halogens is 1. The van der Waals surface area contributed by atoms with Gasteiger partial charge in [-0.1, -0.05) is 28.1 Å². The second-order valence-corrected chi connectivity index (χ2v) is 6.83. The van der Waals surface area contributed by atoms with Crippen LogP contribution in [-0.4, -0.2) is 24.6 Å². The number of hydrogen-bond donors (Lipinski definition) is 1. The minimum Gasteiger partial charge on any atom is -0.497 e. The van der Waals surface area contributed by atoms with Crippen molar-refractivity contribution in [2.45, 2.75) is 0 Å². The van der Waals surface area contributed by atoms with E-state index in [0.29, 0.717) is 10.9 Å². The molecule has 1 heterocycles. The van der Waals surface area contributed by atoms with Gasteiger partial charge in [0.25, 0.3) is 5.91 Å². The molecule has 128 valence electrons. The molecule has 7 heteroatoms. The zero-order chi connectivity index (χ0) is 17.6. The molecule has 1 amide bonds. The number of benzene rings is 2. The van der Waals surface area contributed by atoms with E-state index >= 15 is 0 Å². The van der Waals surface area contributed by atoms with Crippen LogP contribution in [0.1, 0.15) is 0 Å². The summed E-state index contributed by atoms with van der Waals surface area (Å²) in [7, 11) is 1.62. The van der Waals surface area contributed by atoms with Gasteiger partial charge in [0.2, 0.25) is 0 Å². The number of carbonyl (C=O) groups is 1. The van der Waals surface area contributed by atoms with E-state index in [1.54, 1.807) is 19.2 Å². The molecule has 0 atom stereocenters. The highest BCUT2D eigenvalue weighted by atomic mass is 79.9. The maximum Gasteiger partial charge on any atom is 0.264 e. The summed E-state index contributed by atoms with van der Waals surface area (Å²) in [5.74, 6) is 1.14. The third kappa shape index (κ3) is 4.80. The molecule has 1 aromatic heterocycles. The number of thiazole rings is 1. The lowest BCUT2D eigenvalue weighted by Gasteiger charge is -2.05. The van der Waals surface area contributed by atoms with E-state index in [4.69, 9.17) is 9.47 Å². The number of nitrogens with zero attached hydrogens (tertiary/aromatic N) is 1. The molecule has 0 aliphatic heterocycles. The maximum atomic E-state index is 12.0. The predicted molar refractivity (Wildman–Crippen MR) is 102 cm³/mol. The van der Waals surface area contributed by atoms with E-state index in [-0.39, 0.29) is 12.5 Å². The van der Waals surface area contributed by atoms with E-state index in [2.05, 4.69) is 26.2 Å². The van der Waals surface area contributed by atoms with Crippen molar-refractivity contribution in [2.75, 3.05) is 19.0 Å². The lowest BCUT2D eigenvalue weighted by atomic mass is 10.2. The number of rotatable bonds is 6. The van der Waals surface area contributed by atoms with Crippen molar-refractivity contribution >= 4 is 38.3 Å². The third-order valence-corrected chi connectivity index (χ3v) is 4.59. The molecule has 0 bridgehead atoms. The second kappa shape index (κ2) is 8.13. The number of aromatic nitrogens is 1. The van der Waals surface area contributed by atoms with Crippen LogP contribution in [0, 0.1) is 0 Å². The van der Waals surface area contributed by atoms with E-state index in [1.807, 2.05) is 41.8 Å². The maximum absolute atomic E-state index is 12.0. The monoisotopic (exact) mass is 418 g/mol. The van der Waals surface area contributed by atoms with E-state index in [1.165, 1.54) is 11.3 Å². The Hall–Kier alpha value is -2.38. The van der Waals surface area contributed by atoms with Crippen LogP contribution < -0.4 is 14.8 Å². The van der Waals surface area contributed by atoms with E-state index < -0.39 is 0 Å². The smallest absolute Gasteiger partial charge is 0.264 e. The molecule has 0 spiro atoms. The number of anilines is 1. The molecule has 0 aliphatic carbocycles. The summed E-state index contributed by atoms with van der Waals surface area (Å²) in [6.45, 7) is -0.0737. The number of nitrogens with one attached hydrogen (secondary N) is 1. The zero-order valence-corrected chi connectivity index (χ0v) is 15.8. The van der Waals surface area contributed by atoms with Gasteiger partial charge in [0.1, 0.15) is 11.5 Å².